The van der Waals surface area contributed by atoms with E-state index in [9.17, 15) is 14.3 Å². The van der Waals surface area contributed by atoms with Gasteiger partial charge in [0.25, 0.3) is 0 Å². The van der Waals surface area contributed by atoms with Crippen molar-refractivity contribution in [3.63, 3.8) is 0 Å². The Morgan fingerprint density at radius 2 is 1.70 bits per heavy atom. The van der Waals surface area contributed by atoms with Gasteiger partial charge in [0.1, 0.15) is 0 Å². The molecule has 2 atom stereocenters. The van der Waals surface area contributed by atoms with E-state index < -0.39 is 13.8 Å². The van der Waals surface area contributed by atoms with Crippen LogP contribution in [0.1, 0.15) is 60.3 Å². The summed E-state index contributed by atoms with van der Waals surface area (Å²) in [5, 5.41) is 0. The van der Waals surface area contributed by atoms with E-state index >= 15 is 0 Å². The van der Waals surface area contributed by atoms with Crippen molar-refractivity contribution < 1.29 is 32.5 Å². The summed E-state index contributed by atoms with van der Waals surface area (Å²) >= 11 is 0. The summed E-state index contributed by atoms with van der Waals surface area (Å²) in [6, 6.07) is 0. The zero-order valence-corrected chi connectivity index (χ0v) is 18.6. The van der Waals surface area contributed by atoms with E-state index in [1.807, 2.05) is 0 Å². The molecule has 0 bridgehead atoms. The van der Waals surface area contributed by atoms with E-state index in [1.54, 1.807) is 13.8 Å². The Hall–Kier alpha value is -0.720. The molecule has 27 heavy (non-hydrogen) atoms. The minimum atomic E-state index is -4.04. The van der Waals surface area contributed by atoms with Gasteiger partial charge in [-0.25, -0.2) is 9.36 Å². The number of phosphoric ester groups is 1. The Kier molecular flexibility index (Phi) is 13.1. The van der Waals surface area contributed by atoms with E-state index in [0.29, 0.717) is 31.4 Å². The Morgan fingerprint density at radius 3 is 2.19 bits per heavy atom. The van der Waals surface area contributed by atoms with Crippen LogP contribution in [0.2, 0.25) is 0 Å². The predicted octanol–water partition coefficient (Wildman–Crippen LogP) is 4.06. The molecule has 1 N–H and O–H groups in total. The number of rotatable bonds is 16. The van der Waals surface area contributed by atoms with Crippen LogP contribution in [0.25, 0.3) is 0 Å². The Balaban J connectivity index is 4.68. The molecular weight excluding hydrogens is 369 g/mol. The van der Waals surface area contributed by atoms with Gasteiger partial charge >= 0.3 is 13.8 Å². The van der Waals surface area contributed by atoms with Crippen molar-refractivity contribution in [2.45, 2.75) is 66.4 Å². The van der Waals surface area contributed by atoms with Crippen molar-refractivity contribution in [1.29, 1.82) is 0 Å². The van der Waals surface area contributed by atoms with Crippen LogP contribution < -0.4 is 0 Å². The molecule has 0 aliphatic heterocycles. The molecule has 0 aliphatic rings. The summed E-state index contributed by atoms with van der Waals surface area (Å²) < 4.78 is 28.4. The minimum absolute atomic E-state index is 0.121. The van der Waals surface area contributed by atoms with Gasteiger partial charge in [-0.1, -0.05) is 6.58 Å². The fourth-order valence-electron chi connectivity index (χ4n) is 2.96. The number of carbonyl (C=O) groups is 1. The Morgan fingerprint density at radius 1 is 1.11 bits per heavy atom. The van der Waals surface area contributed by atoms with Crippen molar-refractivity contribution in [2.24, 2.45) is 0 Å². The summed E-state index contributed by atoms with van der Waals surface area (Å²) in [5.41, 5.74) is 0.377. The highest BCUT2D eigenvalue weighted by Gasteiger charge is 2.29. The maximum Gasteiger partial charge on any atom is 0.472 e. The van der Waals surface area contributed by atoms with Gasteiger partial charge in [-0.3, -0.25) is 9.05 Å². The first-order chi connectivity index (χ1) is 12.6. The monoisotopic (exact) mass is 408 g/mol. The molecule has 0 aromatic rings. The second-order valence-corrected chi connectivity index (χ2v) is 8.23. The number of hydrogen-bond donors (Lipinski definition) is 1. The summed E-state index contributed by atoms with van der Waals surface area (Å²) in [7, 11) is -4.04. The van der Waals surface area contributed by atoms with Gasteiger partial charge < -0.3 is 14.1 Å². The molecule has 0 fully saturated rings. The van der Waals surface area contributed by atoms with Crippen molar-refractivity contribution in [3.05, 3.63) is 12.2 Å². The number of carbonyl (C=O) groups excluding carboxylic acids is 1. The van der Waals surface area contributed by atoms with E-state index in [2.05, 4.69) is 27.4 Å². The van der Waals surface area contributed by atoms with Crippen LogP contribution in [0.3, 0.4) is 0 Å². The molecule has 0 aromatic carbocycles. The lowest BCUT2D eigenvalue weighted by atomic mass is 10.1. The fraction of sp³-hybridized carbons (Fsp3) is 0.842. The van der Waals surface area contributed by atoms with Crippen molar-refractivity contribution in [2.75, 3.05) is 39.4 Å². The van der Waals surface area contributed by atoms with Crippen LogP contribution in [-0.2, 0) is 23.1 Å². The van der Waals surface area contributed by atoms with Crippen LogP contribution >= 0.6 is 7.82 Å². The molecule has 0 rings (SSSR count). The summed E-state index contributed by atoms with van der Waals surface area (Å²) in [6.45, 7) is 17.6. The smallest absolute Gasteiger partial charge is 0.462 e. The molecule has 160 valence electrons. The van der Waals surface area contributed by atoms with E-state index in [0.717, 1.165) is 37.1 Å². The van der Waals surface area contributed by atoms with Gasteiger partial charge in [0.2, 0.25) is 0 Å². The second-order valence-electron chi connectivity index (χ2n) is 6.83. The summed E-state index contributed by atoms with van der Waals surface area (Å²) in [4.78, 5) is 21.2. The molecule has 0 spiro atoms. The SMILES string of the molecule is C=C(C)C(=O)OCCCCC(CC[N+](CC)(CC)CC)OP(=O)(O)OCC. The largest absolute Gasteiger partial charge is 0.472 e. The molecule has 7 nitrogen and oxygen atoms in total. The standard InChI is InChI=1S/C19H38NO6P/c1-7-20(8-2,9-3)15-14-18(26-27(22,23)25-10-4)13-11-12-16-24-19(21)17(5)6/h18H,5,7-16H2,1-4,6H3/p+1. The number of esters is 1. The molecule has 0 heterocycles. The highest BCUT2D eigenvalue weighted by atomic mass is 31.2. The average molecular weight is 408 g/mol. The quantitative estimate of drug-likeness (QED) is 0.136. The number of nitrogens with zero attached hydrogens (tertiary/aromatic N) is 1. The normalized spacial score (nSPS) is 15.2. The van der Waals surface area contributed by atoms with Crippen LogP contribution in [0.4, 0.5) is 0 Å². The van der Waals surface area contributed by atoms with Gasteiger partial charge in [0, 0.05) is 12.0 Å². The first kappa shape index (κ1) is 26.3. The Bertz CT molecular complexity index is 484. The topological polar surface area (TPSA) is 82.1 Å². The third kappa shape index (κ3) is 11.0. The molecule has 8 heteroatoms. The first-order valence-corrected chi connectivity index (χ1v) is 11.5. The van der Waals surface area contributed by atoms with Gasteiger partial charge in [-0.05, 0) is 53.9 Å². The van der Waals surface area contributed by atoms with Gasteiger partial charge in [0.15, 0.2) is 0 Å². The van der Waals surface area contributed by atoms with Gasteiger partial charge in [-0.2, -0.15) is 0 Å². The summed E-state index contributed by atoms with van der Waals surface area (Å²) in [5.74, 6) is -0.394. The lowest BCUT2D eigenvalue weighted by molar-refractivity contribution is -0.923. The number of phosphoric acid groups is 1. The molecule has 2 unspecified atom stereocenters. The fourth-order valence-corrected chi connectivity index (χ4v) is 3.93. The summed E-state index contributed by atoms with van der Waals surface area (Å²) in [6.07, 6.45) is 2.31. The second kappa shape index (κ2) is 13.5. The maximum atomic E-state index is 12.0. The zero-order valence-electron chi connectivity index (χ0n) is 17.7. The average Bonchev–Trinajstić information content (AvgIpc) is 2.62. The highest BCUT2D eigenvalue weighted by Crippen LogP contribution is 2.45. The van der Waals surface area contributed by atoms with E-state index in [1.165, 1.54) is 0 Å². The maximum absolute atomic E-state index is 12.0. The van der Waals surface area contributed by atoms with Crippen LogP contribution in [0, 0.1) is 0 Å². The molecule has 0 radical (unpaired) electrons. The van der Waals surface area contributed by atoms with Crippen LogP contribution in [0.5, 0.6) is 0 Å². The number of hydrogen-bond acceptors (Lipinski definition) is 5. The molecular formula is C19H39NO6P+. The third-order valence-electron chi connectivity index (χ3n) is 5.01. The number of ether oxygens (including phenoxy) is 1. The van der Waals surface area contributed by atoms with Gasteiger partial charge in [0.05, 0.1) is 45.5 Å². The molecule has 0 aromatic heterocycles. The van der Waals surface area contributed by atoms with E-state index in [4.69, 9.17) is 13.8 Å². The van der Waals surface area contributed by atoms with Crippen LogP contribution in [-0.4, -0.2) is 60.8 Å². The van der Waals surface area contributed by atoms with Crippen molar-refractivity contribution >= 4 is 13.8 Å². The third-order valence-corrected chi connectivity index (χ3v) is 6.16. The minimum Gasteiger partial charge on any atom is -0.462 e. The van der Waals surface area contributed by atoms with Crippen molar-refractivity contribution in [1.82, 2.24) is 0 Å². The van der Waals surface area contributed by atoms with Crippen LogP contribution in [0.15, 0.2) is 12.2 Å². The first-order valence-electron chi connectivity index (χ1n) is 9.98. The molecule has 0 aliphatic carbocycles. The predicted molar refractivity (Wildman–Crippen MR) is 107 cm³/mol. The Labute approximate surface area is 164 Å². The van der Waals surface area contributed by atoms with Gasteiger partial charge in [-0.15, -0.1) is 0 Å². The highest BCUT2D eigenvalue weighted by molar-refractivity contribution is 7.47. The van der Waals surface area contributed by atoms with E-state index in [-0.39, 0.29) is 12.7 Å². The lowest BCUT2D eigenvalue weighted by Gasteiger charge is -2.37. The molecule has 0 saturated carbocycles. The van der Waals surface area contributed by atoms with Crippen molar-refractivity contribution in [3.8, 4) is 0 Å². The zero-order chi connectivity index (χ0) is 20.9. The molecule has 0 saturated heterocycles. The lowest BCUT2D eigenvalue weighted by Crippen LogP contribution is -2.49. The number of quaternary nitrogens is 1. The number of unbranched alkanes of at least 4 members (excludes halogenated alkanes) is 1. The molecule has 0 amide bonds.